The van der Waals surface area contributed by atoms with Crippen molar-refractivity contribution in [1.82, 2.24) is 14.7 Å². The third-order valence-corrected chi connectivity index (χ3v) is 3.24. The number of nitrogen functional groups attached to an aromatic ring is 1. The minimum absolute atomic E-state index is 0.121. The van der Waals surface area contributed by atoms with Crippen LogP contribution >= 0.6 is 0 Å². The van der Waals surface area contributed by atoms with Gasteiger partial charge in [0, 0.05) is 32.6 Å². The highest BCUT2D eigenvalue weighted by atomic mass is 16.2. The fraction of sp³-hybridized carbons (Fsp3) is 0.500. The van der Waals surface area contributed by atoms with Crippen LogP contribution in [0.15, 0.2) is 6.08 Å². The first-order valence-corrected chi connectivity index (χ1v) is 5.74. The summed E-state index contributed by atoms with van der Waals surface area (Å²) in [7, 11) is 1.84. The Kier molecular flexibility index (Phi) is 2.92. The summed E-state index contributed by atoms with van der Waals surface area (Å²) in [6, 6.07) is 0. The average molecular weight is 234 g/mol. The summed E-state index contributed by atoms with van der Waals surface area (Å²) in [5.74, 6) is 0.821. The van der Waals surface area contributed by atoms with Crippen molar-refractivity contribution >= 4 is 17.3 Å². The van der Waals surface area contributed by atoms with Gasteiger partial charge in [-0.2, -0.15) is 5.10 Å². The van der Waals surface area contributed by atoms with E-state index < -0.39 is 0 Å². The van der Waals surface area contributed by atoms with Gasteiger partial charge in [0.25, 0.3) is 0 Å². The zero-order valence-corrected chi connectivity index (χ0v) is 10.5. The molecule has 1 aliphatic rings. The zero-order chi connectivity index (χ0) is 12.6. The minimum Gasteiger partial charge on any atom is -0.383 e. The Morgan fingerprint density at radius 1 is 1.53 bits per heavy atom. The molecule has 2 heterocycles. The SMILES string of the molecule is CC(=O)N1CC=C(c2c(C)nn(C)c2N)CC1. The van der Waals surface area contributed by atoms with Crippen LogP contribution in [-0.4, -0.2) is 33.7 Å². The van der Waals surface area contributed by atoms with Crippen LogP contribution in [0.3, 0.4) is 0 Å². The first kappa shape index (κ1) is 11.7. The van der Waals surface area contributed by atoms with E-state index in [9.17, 15) is 4.79 Å². The minimum atomic E-state index is 0.121. The average Bonchev–Trinajstić information content (AvgIpc) is 2.53. The molecular weight excluding hydrogens is 216 g/mol. The molecule has 0 aliphatic carbocycles. The van der Waals surface area contributed by atoms with Gasteiger partial charge in [0.2, 0.25) is 5.91 Å². The lowest BCUT2D eigenvalue weighted by molar-refractivity contribution is -0.128. The lowest BCUT2D eigenvalue weighted by Gasteiger charge is -2.25. The van der Waals surface area contributed by atoms with Crippen molar-refractivity contribution in [2.24, 2.45) is 7.05 Å². The molecule has 0 unspecified atom stereocenters. The van der Waals surface area contributed by atoms with Crippen molar-refractivity contribution in [1.29, 1.82) is 0 Å². The van der Waals surface area contributed by atoms with Crippen LogP contribution in [-0.2, 0) is 11.8 Å². The predicted octanol–water partition coefficient (Wildman–Crippen LogP) is 0.946. The normalized spacial score (nSPS) is 15.9. The number of nitrogens with zero attached hydrogens (tertiary/aromatic N) is 3. The van der Waals surface area contributed by atoms with Crippen LogP contribution in [0, 0.1) is 6.92 Å². The van der Waals surface area contributed by atoms with E-state index in [1.54, 1.807) is 11.6 Å². The molecule has 0 radical (unpaired) electrons. The summed E-state index contributed by atoms with van der Waals surface area (Å²) in [6.45, 7) is 4.99. The van der Waals surface area contributed by atoms with E-state index in [4.69, 9.17) is 5.73 Å². The van der Waals surface area contributed by atoms with Crippen molar-refractivity contribution in [2.45, 2.75) is 20.3 Å². The maximum atomic E-state index is 11.2. The van der Waals surface area contributed by atoms with Gasteiger partial charge >= 0.3 is 0 Å². The molecule has 0 aromatic carbocycles. The molecule has 5 nitrogen and oxygen atoms in total. The number of amides is 1. The summed E-state index contributed by atoms with van der Waals surface area (Å²) in [4.78, 5) is 13.1. The number of carbonyl (C=O) groups is 1. The number of hydrogen-bond acceptors (Lipinski definition) is 3. The van der Waals surface area contributed by atoms with Gasteiger partial charge in [0.15, 0.2) is 0 Å². The Morgan fingerprint density at radius 2 is 2.24 bits per heavy atom. The lowest BCUT2D eigenvalue weighted by atomic mass is 9.99. The van der Waals surface area contributed by atoms with Gasteiger partial charge in [-0.3, -0.25) is 9.48 Å². The van der Waals surface area contributed by atoms with Gasteiger partial charge in [0.1, 0.15) is 5.82 Å². The van der Waals surface area contributed by atoms with Crippen molar-refractivity contribution in [3.05, 3.63) is 17.3 Å². The van der Waals surface area contributed by atoms with Crippen molar-refractivity contribution < 1.29 is 4.79 Å². The number of aromatic nitrogens is 2. The molecule has 0 spiro atoms. The first-order chi connectivity index (χ1) is 8.00. The number of rotatable bonds is 1. The van der Waals surface area contributed by atoms with Gasteiger partial charge in [-0.1, -0.05) is 6.08 Å². The topological polar surface area (TPSA) is 64.2 Å². The number of aryl methyl sites for hydroxylation is 2. The highest BCUT2D eigenvalue weighted by Crippen LogP contribution is 2.29. The Hall–Kier alpha value is -1.78. The molecule has 1 amide bonds. The summed E-state index contributed by atoms with van der Waals surface area (Å²) in [5.41, 5.74) is 9.20. The molecule has 17 heavy (non-hydrogen) atoms. The maximum Gasteiger partial charge on any atom is 0.219 e. The van der Waals surface area contributed by atoms with Crippen LogP contribution in [0.2, 0.25) is 0 Å². The van der Waals surface area contributed by atoms with Crippen LogP contribution in [0.25, 0.3) is 5.57 Å². The number of anilines is 1. The van der Waals surface area contributed by atoms with E-state index in [1.165, 1.54) is 5.57 Å². The van der Waals surface area contributed by atoms with E-state index in [2.05, 4.69) is 11.2 Å². The predicted molar refractivity (Wildman–Crippen MR) is 67.2 cm³/mol. The highest BCUT2D eigenvalue weighted by Gasteiger charge is 2.19. The molecule has 0 fully saturated rings. The van der Waals surface area contributed by atoms with Gasteiger partial charge in [-0.25, -0.2) is 0 Å². The van der Waals surface area contributed by atoms with E-state index >= 15 is 0 Å². The first-order valence-electron chi connectivity index (χ1n) is 5.74. The van der Waals surface area contributed by atoms with Crippen LogP contribution in [0.5, 0.6) is 0 Å². The molecule has 2 N–H and O–H groups in total. The van der Waals surface area contributed by atoms with E-state index in [-0.39, 0.29) is 5.91 Å². The van der Waals surface area contributed by atoms with E-state index in [0.29, 0.717) is 12.4 Å². The monoisotopic (exact) mass is 234 g/mol. The molecule has 1 aliphatic heterocycles. The highest BCUT2D eigenvalue weighted by molar-refractivity contribution is 5.79. The Morgan fingerprint density at radius 3 is 2.65 bits per heavy atom. The quantitative estimate of drug-likeness (QED) is 0.786. The van der Waals surface area contributed by atoms with Crippen molar-refractivity contribution in [3.63, 3.8) is 0 Å². The van der Waals surface area contributed by atoms with Crippen molar-refractivity contribution in [2.75, 3.05) is 18.8 Å². The number of nitrogens with two attached hydrogens (primary N) is 1. The fourth-order valence-corrected chi connectivity index (χ4v) is 2.26. The van der Waals surface area contributed by atoms with Crippen LogP contribution in [0.1, 0.15) is 24.6 Å². The zero-order valence-electron chi connectivity index (χ0n) is 10.5. The molecule has 1 aromatic rings. The lowest BCUT2D eigenvalue weighted by Crippen LogP contribution is -2.32. The second-order valence-corrected chi connectivity index (χ2v) is 4.41. The molecular formula is C12H18N4O. The van der Waals surface area contributed by atoms with Gasteiger partial charge in [0.05, 0.1) is 5.69 Å². The molecule has 92 valence electrons. The van der Waals surface area contributed by atoms with Gasteiger partial charge in [-0.05, 0) is 18.9 Å². The molecule has 2 rings (SSSR count). The van der Waals surface area contributed by atoms with Gasteiger partial charge < -0.3 is 10.6 Å². The fourth-order valence-electron chi connectivity index (χ4n) is 2.26. The largest absolute Gasteiger partial charge is 0.383 e. The maximum absolute atomic E-state index is 11.2. The molecule has 0 bridgehead atoms. The Balaban J connectivity index is 2.28. The van der Waals surface area contributed by atoms with Crippen LogP contribution < -0.4 is 5.73 Å². The summed E-state index contributed by atoms with van der Waals surface area (Å²) in [6.07, 6.45) is 2.92. The summed E-state index contributed by atoms with van der Waals surface area (Å²) < 4.78 is 1.70. The second-order valence-electron chi connectivity index (χ2n) is 4.41. The molecule has 0 saturated carbocycles. The van der Waals surface area contributed by atoms with Gasteiger partial charge in [-0.15, -0.1) is 0 Å². The smallest absolute Gasteiger partial charge is 0.219 e. The summed E-state index contributed by atoms with van der Waals surface area (Å²) in [5, 5.41) is 4.31. The van der Waals surface area contributed by atoms with E-state index in [1.807, 2.05) is 18.9 Å². The molecule has 1 aromatic heterocycles. The second kappa shape index (κ2) is 4.24. The van der Waals surface area contributed by atoms with E-state index in [0.717, 1.165) is 24.2 Å². The van der Waals surface area contributed by atoms with Crippen molar-refractivity contribution in [3.8, 4) is 0 Å². The third-order valence-electron chi connectivity index (χ3n) is 3.24. The standard InChI is InChI=1S/C12H18N4O/c1-8-11(12(13)15(3)14-8)10-4-6-16(7-5-10)9(2)17/h4H,5-7,13H2,1-3H3. The number of hydrogen-bond donors (Lipinski definition) is 1. The Labute approximate surface area is 101 Å². The van der Waals surface area contributed by atoms with Crippen LogP contribution in [0.4, 0.5) is 5.82 Å². The Bertz CT molecular complexity index is 487. The molecule has 0 saturated heterocycles. The molecule has 5 heteroatoms. The summed E-state index contributed by atoms with van der Waals surface area (Å²) >= 11 is 0. The third kappa shape index (κ3) is 2.05. The molecule has 0 atom stereocenters. The number of carbonyl (C=O) groups excluding carboxylic acids is 1.